The minimum atomic E-state index is 0.217. The van der Waals surface area contributed by atoms with E-state index in [9.17, 15) is 0 Å². The molecule has 1 heterocycles. The van der Waals surface area contributed by atoms with E-state index in [-0.39, 0.29) is 6.10 Å². The van der Waals surface area contributed by atoms with E-state index in [1.807, 2.05) is 23.9 Å². The summed E-state index contributed by atoms with van der Waals surface area (Å²) in [6.45, 7) is 6.41. The molecule has 1 N–H and O–H groups in total. The van der Waals surface area contributed by atoms with Crippen LogP contribution >= 0.6 is 11.8 Å². The summed E-state index contributed by atoms with van der Waals surface area (Å²) in [7, 11) is 0. The molecule has 2 nitrogen and oxygen atoms in total. The molecule has 0 saturated carbocycles. The highest BCUT2D eigenvalue weighted by Crippen LogP contribution is 2.31. The molecule has 1 saturated heterocycles. The Balaban J connectivity index is 2.04. The highest BCUT2D eigenvalue weighted by Gasteiger charge is 2.22. The van der Waals surface area contributed by atoms with Gasteiger partial charge in [0.25, 0.3) is 0 Å². The molecule has 94 valence electrons. The molecular weight excluding hydrogens is 230 g/mol. The van der Waals surface area contributed by atoms with Crippen LogP contribution < -0.4 is 10.1 Å². The summed E-state index contributed by atoms with van der Waals surface area (Å²) in [5.41, 5.74) is 1.13. The molecule has 1 aliphatic rings. The second-order valence-electron chi connectivity index (χ2n) is 4.88. The third-order valence-corrected chi connectivity index (χ3v) is 4.16. The Labute approximate surface area is 108 Å². The van der Waals surface area contributed by atoms with E-state index in [0.29, 0.717) is 6.04 Å². The van der Waals surface area contributed by atoms with Crippen LogP contribution in [0.5, 0.6) is 5.75 Å². The summed E-state index contributed by atoms with van der Waals surface area (Å²) in [4.78, 5) is 0. The van der Waals surface area contributed by atoms with E-state index in [0.717, 1.165) is 16.7 Å². The first-order valence-corrected chi connectivity index (χ1v) is 7.34. The number of anilines is 1. The Morgan fingerprint density at radius 1 is 1.35 bits per heavy atom. The molecule has 2 unspecified atom stereocenters. The fraction of sp³-hybridized carbons (Fsp3) is 0.571. The average molecular weight is 251 g/mol. The summed E-state index contributed by atoms with van der Waals surface area (Å²) in [5.74, 6) is 2.16. The van der Waals surface area contributed by atoms with Gasteiger partial charge in [0.05, 0.1) is 11.8 Å². The lowest BCUT2D eigenvalue weighted by Crippen LogP contribution is -2.20. The van der Waals surface area contributed by atoms with E-state index in [2.05, 4.69) is 38.2 Å². The van der Waals surface area contributed by atoms with E-state index in [1.165, 1.54) is 12.2 Å². The van der Waals surface area contributed by atoms with Crippen LogP contribution in [-0.4, -0.2) is 23.1 Å². The molecular formula is C14H21NOS. The number of nitrogens with one attached hydrogen (secondary N) is 1. The molecule has 0 amide bonds. The van der Waals surface area contributed by atoms with Crippen LogP contribution in [-0.2, 0) is 0 Å². The largest absolute Gasteiger partial charge is 0.489 e. The predicted molar refractivity (Wildman–Crippen MR) is 76.2 cm³/mol. The molecule has 1 aliphatic heterocycles. The molecule has 2 atom stereocenters. The molecule has 0 radical (unpaired) electrons. The van der Waals surface area contributed by atoms with Crippen molar-refractivity contribution in [2.45, 2.75) is 44.6 Å². The Bertz CT molecular complexity index is 367. The maximum atomic E-state index is 5.81. The van der Waals surface area contributed by atoms with Gasteiger partial charge in [0, 0.05) is 17.0 Å². The number of rotatable bonds is 4. The molecule has 0 aliphatic carbocycles. The molecule has 1 aromatic rings. The fourth-order valence-corrected chi connectivity index (χ4v) is 3.23. The number of para-hydroxylation sites is 2. The van der Waals surface area contributed by atoms with Gasteiger partial charge in [-0.1, -0.05) is 19.1 Å². The number of hydrogen-bond donors (Lipinski definition) is 1. The molecule has 0 spiro atoms. The molecule has 0 aromatic heterocycles. The van der Waals surface area contributed by atoms with Gasteiger partial charge >= 0.3 is 0 Å². The predicted octanol–water partition coefficient (Wildman–Crippen LogP) is 3.78. The lowest BCUT2D eigenvalue weighted by atomic mass is 10.2. The van der Waals surface area contributed by atoms with Crippen LogP contribution in [0.1, 0.15) is 27.2 Å². The van der Waals surface area contributed by atoms with Crippen LogP contribution in [0.3, 0.4) is 0 Å². The second kappa shape index (κ2) is 5.67. The SMILES string of the molecule is CC(C)Oc1ccccc1NC1CSC(C)C1. The topological polar surface area (TPSA) is 21.3 Å². The van der Waals surface area contributed by atoms with Crippen LogP contribution in [0, 0.1) is 0 Å². The molecule has 17 heavy (non-hydrogen) atoms. The zero-order chi connectivity index (χ0) is 12.3. The summed E-state index contributed by atoms with van der Waals surface area (Å²) < 4.78 is 5.81. The van der Waals surface area contributed by atoms with Crippen molar-refractivity contribution in [3.05, 3.63) is 24.3 Å². The Hall–Kier alpha value is -0.830. The van der Waals surface area contributed by atoms with Gasteiger partial charge in [-0.2, -0.15) is 11.8 Å². The van der Waals surface area contributed by atoms with Gasteiger partial charge in [-0.25, -0.2) is 0 Å². The van der Waals surface area contributed by atoms with Gasteiger partial charge in [-0.15, -0.1) is 0 Å². The summed E-state index contributed by atoms with van der Waals surface area (Å²) in [5, 5.41) is 4.37. The first-order chi connectivity index (χ1) is 8.15. The summed E-state index contributed by atoms with van der Waals surface area (Å²) in [6, 6.07) is 8.79. The molecule has 1 aromatic carbocycles. The Kier molecular flexibility index (Phi) is 4.21. The smallest absolute Gasteiger partial charge is 0.142 e. The van der Waals surface area contributed by atoms with Crippen molar-refractivity contribution < 1.29 is 4.74 Å². The zero-order valence-corrected chi connectivity index (χ0v) is 11.6. The highest BCUT2D eigenvalue weighted by molar-refractivity contribution is 8.00. The van der Waals surface area contributed by atoms with Gasteiger partial charge in [-0.3, -0.25) is 0 Å². The Morgan fingerprint density at radius 2 is 2.12 bits per heavy atom. The van der Waals surface area contributed by atoms with Crippen molar-refractivity contribution in [3.8, 4) is 5.75 Å². The first kappa shape index (κ1) is 12.6. The van der Waals surface area contributed by atoms with Crippen molar-refractivity contribution >= 4 is 17.4 Å². The van der Waals surface area contributed by atoms with Gasteiger partial charge in [-0.05, 0) is 32.4 Å². The minimum absolute atomic E-state index is 0.217. The van der Waals surface area contributed by atoms with E-state index < -0.39 is 0 Å². The maximum absolute atomic E-state index is 5.81. The normalized spacial score (nSPS) is 24.0. The van der Waals surface area contributed by atoms with Crippen LogP contribution in [0.25, 0.3) is 0 Å². The van der Waals surface area contributed by atoms with Crippen molar-refractivity contribution in [3.63, 3.8) is 0 Å². The minimum Gasteiger partial charge on any atom is -0.489 e. The lowest BCUT2D eigenvalue weighted by Gasteiger charge is -2.18. The first-order valence-electron chi connectivity index (χ1n) is 6.29. The average Bonchev–Trinajstić information content (AvgIpc) is 2.66. The standard InChI is InChI=1S/C14H21NOS/c1-10(2)16-14-7-5-4-6-13(14)15-12-8-11(3)17-9-12/h4-7,10-12,15H,8-9H2,1-3H3. The van der Waals surface area contributed by atoms with E-state index >= 15 is 0 Å². The van der Waals surface area contributed by atoms with Gasteiger partial charge in [0.1, 0.15) is 5.75 Å². The van der Waals surface area contributed by atoms with Gasteiger partial charge < -0.3 is 10.1 Å². The lowest BCUT2D eigenvalue weighted by molar-refractivity contribution is 0.243. The quantitative estimate of drug-likeness (QED) is 0.880. The third-order valence-electron chi connectivity index (χ3n) is 2.81. The van der Waals surface area contributed by atoms with Crippen molar-refractivity contribution in [2.75, 3.05) is 11.1 Å². The monoisotopic (exact) mass is 251 g/mol. The number of hydrogen-bond acceptors (Lipinski definition) is 3. The fourth-order valence-electron chi connectivity index (χ4n) is 2.08. The zero-order valence-electron chi connectivity index (χ0n) is 10.8. The Morgan fingerprint density at radius 3 is 2.76 bits per heavy atom. The van der Waals surface area contributed by atoms with Crippen molar-refractivity contribution in [2.24, 2.45) is 0 Å². The molecule has 2 rings (SSSR count). The number of thioether (sulfide) groups is 1. The highest BCUT2D eigenvalue weighted by atomic mass is 32.2. The van der Waals surface area contributed by atoms with Crippen LogP contribution in [0.4, 0.5) is 5.69 Å². The van der Waals surface area contributed by atoms with Crippen molar-refractivity contribution in [1.29, 1.82) is 0 Å². The number of benzene rings is 1. The van der Waals surface area contributed by atoms with E-state index in [1.54, 1.807) is 0 Å². The van der Waals surface area contributed by atoms with Crippen LogP contribution in [0.2, 0.25) is 0 Å². The second-order valence-corrected chi connectivity index (χ2v) is 6.36. The van der Waals surface area contributed by atoms with Gasteiger partial charge in [0.15, 0.2) is 0 Å². The summed E-state index contributed by atoms with van der Waals surface area (Å²) >= 11 is 2.04. The molecule has 1 fully saturated rings. The maximum Gasteiger partial charge on any atom is 0.142 e. The van der Waals surface area contributed by atoms with Gasteiger partial charge in [0.2, 0.25) is 0 Å². The molecule has 3 heteroatoms. The third kappa shape index (κ3) is 3.56. The molecule has 0 bridgehead atoms. The van der Waals surface area contributed by atoms with Crippen molar-refractivity contribution in [1.82, 2.24) is 0 Å². The van der Waals surface area contributed by atoms with Crippen LogP contribution in [0.15, 0.2) is 24.3 Å². The number of ether oxygens (including phenoxy) is 1. The van der Waals surface area contributed by atoms with E-state index in [4.69, 9.17) is 4.74 Å². The summed E-state index contributed by atoms with van der Waals surface area (Å²) in [6.07, 6.45) is 1.45.